The smallest absolute Gasteiger partial charge is 0.227 e. The second-order valence-corrected chi connectivity index (χ2v) is 4.86. The van der Waals surface area contributed by atoms with Gasteiger partial charge < -0.3 is 15.0 Å². The van der Waals surface area contributed by atoms with Crippen LogP contribution in [0.4, 0.5) is 17.3 Å². The average molecular weight is 270 g/mol. The molecule has 20 heavy (non-hydrogen) atoms. The Kier molecular flexibility index (Phi) is 3.78. The molecule has 1 unspecified atom stereocenters. The summed E-state index contributed by atoms with van der Waals surface area (Å²) in [7, 11) is 0. The number of ether oxygens (including phenoxy) is 1. The van der Waals surface area contributed by atoms with E-state index in [0.29, 0.717) is 12.0 Å². The summed E-state index contributed by atoms with van der Waals surface area (Å²) in [5, 5.41) is 3.18. The predicted molar refractivity (Wildman–Crippen MR) is 79.4 cm³/mol. The third-order valence-corrected chi connectivity index (χ3v) is 3.39. The second-order valence-electron chi connectivity index (χ2n) is 4.86. The second kappa shape index (κ2) is 5.88. The summed E-state index contributed by atoms with van der Waals surface area (Å²) in [6.07, 6.45) is 3.44. The van der Waals surface area contributed by atoms with Gasteiger partial charge in [0.2, 0.25) is 5.95 Å². The van der Waals surface area contributed by atoms with Crippen LogP contribution < -0.4 is 10.2 Å². The SMILES string of the molecule is CC1COCCN1c1ccc(Nc2ncccn2)cc1. The van der Waals surface area contributed by atoms with Gasteiger partial charge in [0.05, 0.1) is 13.2 Å². The van der Waals surface area contributed by atoms with Crippen LogP contribution in [0, 0.1) is 0 Å². The first-order valence-electron chi connectivity index (χ1n) is 6.81. The molecule has 0 aliphatic carbocycles. The molecule has 1 N–H and O–H groups in total. The highest BCUT2D eigenvalue weighted by Gasteiger charge is 2.18. The van der Waals surface area contributed by atoms with E-state index in [1.54, 1.807) is 18.5 Å². The van der Waals surface area contributed by atoms with E-state index in [9.17, 15) is 0 Å². The zero-order valence-electron chi connectivity index (χ0n) is 11.5. The van der Waals surface area contributed by atoms with Gasteiger partial charge in [-0.2, -0.15) is 0 Å². The largest absolute Gasteiger partial charge is 0.377 e. The van der Waals surface area contributed by atoms with Gasteiger partial charge in [-0.05, 0) is 37.3 Å². The molecule has 1 atom stereocenters. The fourth-order valence-electron chi connectivity index (χ4n) is 2.34. The number of hydrogen-bond acceptors (Lipinski definition) is 5. The number of aromatic nitrogens is 2. The van der Waals surface area contributed by atoms with Crippen molar-refractivity contribution in [2.24, 2.45) is 0 Å². The Morgan fingerprint density at radius 3 is 2.65 bits per heavy atom. The first-order valence-corrected chi connectivity index (χ1v) is 6.81. The van der Waals surface area contributed by atoms with E-state index in [-0.39, 0.29) is 0 Å². The maximum atomic E-state index is 5.47. The molecule has 5 heteroatoms. The summed E-state index contributed by atoms with van der Waals surface area (Å²) in [4.78, 5) is 10.7. The Morgan fingerprint density at radius 2 is 1.95 bits per heavy atom. The minimum absolute atomic E-state index is 0.417. The molecule has 2 heterocycles. The van der Waals surface area contributed by atoms with Crippen LogP contribution in [-0.4, -0.2) is 35.8 Å². The first kappa shape index (κ1) is 12.9. The van der Waals surface area contributed by atoms with E-state index in [0.717, 1.165) is 25.4 Å². The molecule has 2 aromatic rings. The van der Waals surface area contributed by atoms with Gasteiger partial charge in [0.15, 0.2) is 0 Å². The number of morpholine rings is 1. The molecule has 5 nitrogen and oxygen atoms in total. The highest BCUT2D eigenvalue weighted by molar-refractivity contribution is 5.59. The molecule has 104 valence electrons. The van der Waals surface area contributed by atoms with Crippen LogP contribution >= 0.6 is 0 Å². The van der Waals surface area contributed by atoms with Crippen molar-refractivity contribution in [3.05, 3.63) is 42.7 Å². The summed E-state index contributed by atoms with van der Waals surface area (Å²) in [5.74, 6) is 0.611. The van der Waals surface area contributed by atoms with Gasteiger partial charge in [-0.1, -0.05) is 0 Å². The van der Waals surface area contributed by atoms with E-state index in [1.165, 1.54) is 5.69 Å². The Hall–Kier alpha value is -2.14. The van der Waals surface area contributed by atoms with Crippen molar-refractivity contribution in [2.75, 3.05) is 30.0 Å². The Bertz CT molecular complexity index is 544. The summed E-state index contributed by atoms with van der Waals surface area (Å²) in [6.45, 7) is 4.71. The molecule has 0 bridgehead atoms. The minimum atomic E-state index is 0.417. The lowest BCUT2D eigenvalue weighted by Crippen LogP contribution is -2.43. The molecule has 1 aromatic carbocycles. The number of benzene rings is 1. The van der Waals surface area contributed by atoms with Crippen LogP contribution in [0.2, 0.25) is 0 Å². The lowest BCUT2D eigenvalue weighted by atomic mass is 10.2. The molecular formula is C15H18N4O. The Labute approximate surface area is 118 Å². The van der Waals surface area contributed by atoms with Gasteiger partial charge in [-0.15, -0.1) is 0 Å². The normalized spacial score (nSPS) is 18.9. The number of rotatable bonds is 3. The molecule has 1 aromatic heterocycles. The third kappa shape index (κ3) is 2.88. The van der Waals surface area contributed by atoms with Crippen molar-refractivity contribution in [1.82, 2.24) is 9.97 Å². The zero-order valence-corrected chi connectivity index (χ0v) is 11.5. The lowest BCUT2D eigenvalue weighted by molar-refractivity contribution is 0.0989. The van der Waals surface area contributed by atoms with Crippen molar-refractivity contribution in [1.29, 1.82) is 0 Å². The van der Waals surface area contributed by atoms with E-state index in [2.05, 4.69) is 39.2 Å². The third-order valence-electron chi connectivity index (χ3n) is 3.39. The van der Waals surface area contributed by atoms with E-state index in [1.807, 2.05) is 12.1 Å². The summed E-state index contributed by atoms with van der Waals surface area (Å²) in [5.41, 5.74) is 2.21. The molecule has 0 spiro atoms. The first-order chi connectivity index (χ1) is 9.83. The van der Waals surface area contributed by atoms with Crippen molar-refractivity contribution < 1.29 is 4.74 Å². The molecule has 0 radical (unpaired) electrons. The lowest BCUT2D eigenvalue weighted by Gasteiger charge is -2.35. The molecule has 0 amide bonds. The maximum absolute atomic E-state index is 5.47. The topological polar surface area (TPSA) is 50.3 Å². The van der Waals surface area contributed by atoms with Gasteiger partial charge in [0.1, 0.15) is 0 Å². The summed E-state index contributed by atoms with van der Waals surface area (Å²) in [6, 6.07) is 10.6. The molecule has 1 aliphatic heterocycles. The van der Waals surface area contributed by atoms with Crippen LogP contribution in [-0.2, 0) is 4.74 Å². The van der Waals surface area contributed by atoms with E-state index in [4.69, 9.17) is 4.74 Å². The molecule has 1 saturated heterocycles. The van der Waals surface area contributed by atoms with Crippen LogP contribution in [0.25, 0.3) is 0 Å². The van der Waals surface area contributed by atoms with E-state index >= 15 is 0 Å². The molecular weight excluding hydrogens is 252 g/mol. The van der Waals surface area contributed by atoms with Crippen LogP contribution in [0.3, 0.4) is 0 Å². The number of anilines is 3. The zero-order chi connectivity index (χ0) is 13.8. The number of nitrogens with zero attached hydrogens (tertiary/aromatic N) is 3. The van der Waals surface area contributed by atoms with Crippen molar-refractivity contribution >= 4 is 17.3 Å². The molecule has 0 saturated carbocycles. The molecule has 1 fully saturated rings. The standard InChI is InChI=1S/C15H18N4O/c1-12-11-20-10-9-19(12)14-5-3-13(4-6-14)18-15-16-7-2-8-17-15/h2-8,12H,9-11H2,1H3,(H,16,17,18). The molecule has 3 rings (SSSR count). The van der Waals surface area contributed by atoms with Crippen molar-refractivity contribution in [2.45, 2.75) is 13.0 Å². The number of nitrogens with one attached hydrogen (secondary N) is 1. The Morgan fingerprint density at radius 1 is 1.20 bits per heavy atom. The van der Waals surface area contributed by atoms with Crippen molar-refractivity contribution in [3.8, 4) is 0 Å². The molecule has 1 aliphatic rings. The van der Waals surface area contributed by atoms with Gasteiger partial charge in [-0.3, -0.25) is 0 Å². The quantitative estimate of drug-likeness (QED) is 0.928. The minimum Gasteiger partial charge on any atom is -0.377 e. The highest BCUT2D eigenvalue weighted by atomic mass is 16.5. The fourth-order valence-corrected chi connectivity index (χ4v) is 2.34. The van der Waals surface area contributed by atoms with Gasteiger partial charge >= 0.3 is 0 Å². The van der Waals surface area contributed by atoms with Gasteiger partial charge in [0.25, 0.3) is 0 Å². The predicted octanol–water partition coefficient (Wildman–Crippen LogP) is 2.45. The highest BCUT2D eigenvalue weighted by Crippen LogP contribution is 2.22. The average Bonchev–Trinajstić information content (AvgIpc) is 2.50. The van der Waals surface area contributed by atoms with E-state index < -0.39 is 0 Å². The monoisotopic (exact) mass is 270 g/mol. The fraction of sp³-hybridized carbons (Fsp3) is 0.333. The summed E-state index contributed by atoms with van der Waals surface area (Å²) < 4.78 is 5.47. The van der Waals surface area contributed by atoms with Crippen LogP contribution in [0.15, 0.2) is 42.7 Å². The van der Waals surface area contributed by atoms with Gasteiger partial charge in [0, 0.05) is 36.4 Å². The van der Waals surface area contributed by atoms with Crippen LogP contribution in [0.1, 0.15) is 6.92 Å². The summed E-state index contributed by atoms with van der Waals surface area (Å²) >= 11 is 0. The maximum Gasteiger partial charge on any atom is 0.227 e. The van der Waals surface area contributed by atoms with Crippen LogP contribution in [0.5, 0.6) is 0 Å². The van der Waals surface area contributed by atoms with Crippen molar-refractivity contribution in [3.63, 3.8) is 0 Å². The van der Waals surface area contributed by atoms with Gasteiger partial charge in [-0.25, -0.2) is 9.97 Å². The Balaban J connectivity index is 1.71. The number of hydrogen-bond donors (Lipinski definition) is 1.